The zero-order valence-corrected chi connectivity index (χ0v) is 14.3. The van der Waals surface area contributed by atoms with Gasteiger partial charge in [-0.05, 0) is 42.6 Å². The zero-order valence-electron chi connectivity index (χ0n) is 13.5. The van der Waals surface area contributed by atoms with Crippen LogP contribution in [0, 0.1) is 0 Å². The van der Waals surface area contributed by atoms with Crippen molar-refractivity contribution in [2.24, 2.45) is 0 Å². The van der Waals surface area contributed by atoms with Crippen LogP contribution < -0.4 is 16.0 Å². The molecule has 0 spiro atoms. The van der Waals surface area contributed by atoms with Gasteiger partial charge in [-0.25, -0.2) is 0 Å². The predicted molar refractivity (Wildman–Crippen MR) is 95.2 cm³/mol. The van der Waals surface area contributed by atoms with Crippen molar-refractivity contribution in [3.63, 3.8) is 0 Å². The van der Waals surface area contributed by atoms with Crippen molar-refractivity contribution >= 4 is 40.4 Å². The van der Waals surface area contributed by atoms with Crippen LogP contribution in [0.15, 0.2) is 41.8 Å². The molecule has 0 bridgehead atoms. The van der Waals surface area contributed by atoms with Gasteiger partial charge in [0.05, 0.1) is 4.88 Å². The largest absolute Gasteiger partial charge is 0.340 e. The lowest BCUT2D eigenvalue weighted by atomic mass is 10.2. The van der Waals surface area contributed by atoms with Crippen LogP contribution in [0.5, 0.6) is 0 Å². The van der Waals surface area contributed by atoms with Gasteiger partial charge in [0, 0.05) is 17.8 Å². The molecular formula is C17H19N3O3S. The number of amides is 3. The minimum absolute atomic E-state index is 0.0725. The highest BCUT2D eigenvalue weighted by molar-refractivity contribution is 7.12. The SMILES string of the molecule is CCC(=O)Nc1ccc(NC(=O)[C@H](C)NC(=O)c2cccs2)cc1. The lowest BCUT2D eigenvalue weighted by molar-refractivity contribution is -0.117. The van der Waals surface area contributed by atoms with Gasteiger partial charge in [0.2, 0.25) is 11.8 Å². The Hall–Kier alpha value is -2.67. The molecule has 24 heavy (non-hydrogen) atoms. The molecule has 7 heteroatoms. The van der Waals surface area contributed by atoms with Crippen molar-refractivity contribution in [1.82, 2.24) is 5.32 Å². The Morgan fingerprint density at radius 2 is 1.67 bits per heavy atom. The van der Waals surface area contributed by atoms with E-state index in [2.05, 4.69) is 16.0 Å². The highest BCUT2D eigenvalue weighted by atomic mass is 32.1. The lowest BCUT2D eigenvalue weighted by Gasteiger charge is -2.14. The van der Waals surface area contributed by atoms with Crippen LogP contribution in [0.2, 0.25) is 0 Å². The molecule has 0 saturated carbocycles. The van der Waals surface area contributed by atoms with E-state index in [9.17, 15) is 14.4 Å². The van der Waals surface area contributed by atoms with Crippen LogP contribution >= 0.6 is 11.3 Å². The molecule has 0 aliphatic heterocycles. The van der Waals surface area contributed by atoms with E-state index in [1.54, 1.807) is 55.6 Å². The number of nitrogens with one attached hydrogen (secondary N) is 3. The van der Waals surface area contributed by atoms with Gasteiger partial charge in [0.25, 0.3) is 5.91 Å². The fourth-order valence-corrected chi connectivity index (χ4v) is 2.50. The van der Waals surface area contributed by atoms with Gasteiger partial charge in [-0.2, -0.15) is 0 Å². The molecule has 0 aliphatic carbocycles. The molecule has 1 heterocycles. The second kappa shape index (κ2) is 8.26. The summed E-state index contributed by atoms with van der Waals surface area (Å²) in [5.41, 5.74) is 1.26. The number of anilines is 2. The van der Waals surface area contributed by atoms with Gasteiger partial charge in [0.15, 0.2) is 0 Å². The van der Waals surface area contributed by atoms with Crippen molar-refractivity contribution < 1.29 is 14.4 Å². The fourth-order valence-electron chi connectivity index (χ4n) is 1.88. The maximum absolute atomic E-state index is 12.1. The summed E-state index contributed by atoms with van der Waals surface area (Å²) in [4.78, 5) is 35.9. The van der Waals surface area contributed by atoms with E-state index < -0.39 is 6.04 Å². The molecule has 0 unspecified atom stereocenters. The van der Waals surface area contributed by atoms with E-state index in [1.165, 1.54) is 11.3 Å². The Labute approximate surface area is 144 Å². The van der Waals surface area contributed by atoms with Gasteiger partial charge in [-0.15, -0.1) is 11.3 Å². The van der Waals surface area contributed by atoms with E-state index in [0.717, 1.165) is 0 Å². The average Bonchev–Trinajstić information content (AvgIpc) is 3.11. The summed E-state index contributed by atoms with van der Waals surface area (Å²) in [5.74, 6) is -0.660. The van der Waals surface area contributed by atoms with Gasteiger partial charge in [-0.1, -0.05) is 13.0 Å². The highest BCUT2D eigenvalue weighted by Crippen LogP contribution is 2.14. The van der Waals surface area contributed by atoms with E-state index in [4.69, 9.17) is 0 Å². The highest BCUT2D eigenvalue weighted by Gasteiger charge is 2.17. The summed E-state index contributed by atoms with van der Waals surface area (Å²) in [6, 6.07) is 9.61. The molecule has 2 aromatic rings. The Morgan fingerprint density at radius 1 is 1.04 bits per heavy atom. The summed E-state index contributed by atoms with van der Waals surface area (Å²) < 4.78 is 0. The second-order valence-electron chi connectivity index (χ2n) is 5.14. The van der Waals surface area contributed by atoms with Crippen molar-refractivity contribution in [2.75, 3.05) is 10.6 Å². The van der Waals surface area contributed by atoms with E-state index in [-0.39, 0.29) is 17.7 Å². The smallest absolute Gasteiger partial charge is 0.261 e. The monoisotopic (exact) mass is 345 g/mol. The quantitative estimate of drug-likeness (QED) is 0.752. The Bertz CT molecular complexity index is 711. The van der Waals surface area contributed by atoms with Gasteiger partial charge < -0.3 is 16.0 Å². The molecule has 1 aromatic carbocycles. The van der Waals surface area contributed by atoms with E-state index in [0.29, 0.717) is 22.7 Å². The Balaban J connectivity index is 1.89. The third kappa shape index (κ3) is 4.92. The number of carbonyl (C=O) groups excluding carboxylic acids is 3. The molecule has 3 amide bonds. The first kappa shape index (κ1) is 17.7. The summed E-state index contributed by atoms with van der Waals surface area (Å²) in [6.07, 6.45) is 0.403. The van der Waals surface area contributed by atoms with E-state index >= 15 is 0 Å². The molecule has 0 aliphatic rings. The normalized spacial score (nSPS) is 11.4. The Kier molecular flexibility index (Phi) is 6.08. The molecule has 0 saturated heterocycles. The van der Waals surface area contributed by atoms with Gasteiger partial charge in [-0.3, -0.25) is 14.4 Å². The number of carbonyl (C=O) groups is 3. The second-order valence-corrected chi connectivity index (χ2v) is 6.09. The van der Waals surface area contributed by atoms with Gasteiger partial charge in [0.1, 0.15) is 6.04 Å². The van der Waals surface area contributed by atoms with Crippen LogP contribution in [0.3, 0.4) is 0 Å². The summed E-state index contributed by atoms with van der Waals surface area (Å²) in [7, 11) is 0. The van der Waals surface area contributed by atoms with Crippen LogP contribution in [-0.2, 0) is 9.59 Å². The van der Waals surface area contributed by atoms with Crippen LogP contribution in [0.4, 0.5) is 11.4 Å². The first-order valence-corrected chi connectivity index (χ1v) is 8.42. The average molecular weight is 345 g/mol. The lowest BCUT2D eigenvalue weighted by Crippen LogP contribution is -2.41. The number of thiophene rings is 1. The number of rotatable bonds is 6. The molecule has 0 fully saturated rings. The first-order valence-electron chi connectivity index (χ1n) is 7.54. The molecule has 6 nitrogen and oxygen atoms in total. The molecule has 1 atom stereocenters. The molecule has 1 aromatic heterocycles. The van der Waals surface area contributed by atoms with Crippen molar-refractivity contribution in [2.45, 2.75) is 26.3 Å². The number of hydrogen-bond donors (Lipinski definition) is 3. The minimum Gasteiger partial charge on any atom is -0.340 e. The van der Waals surface area contributed by atoms with Crippen molar-refractivity contribution in [3.05, 3.63) is 46.7 Å². The molecule has 0 radical (unpaired) electrons. The topological polar surface area (TPSA) is 87.3 Å². The molecule has 3 N–H and O–H groups in total. The molecular weight excluding hydrogens is 326 g/mol. The van der Waals surface area contributed by atoms with Gasteiger partial charge >= 0.3 is 0 Å². The predicted octanol–water partition coefficient (Wildman–Crippen LogP) is 2.85. The maximum Gasteiger partial charge on any atom is 0.261 e. The number of benzene rings is 1. The summed E-state index contributed by atoms with van der Waals surface area (Å²) in [6.45, 7) is 3.40. The van der Waals surface area contributed by atoms with Crippen molar-refractivity contribution in [3.8, 4) is 0 Å². The Morgan fingerprint density at radius 3 is 2.21 bits per heavy atom. The summed E-state index contributed by atoms with van der Waals surface area (Å²) in [5, 5.41) is 9.91. The minimum atomic E-state index is -0.668. The van der Waals surface area contributed by atoms with Crippen LogP contribution in [-0.4, -0.2) is 23.8 Å². The fraction of sp³-hybridized carbons (Fsp3) is 0.235. The first-order chi connectivity index (χ1) is 11.5. The number of hydrogen-bond acceptors (Lipinski definition) is 4. The van der Waals surface area contributed by atoms with E-state index in [1.807, 2.05) is 0 Å². The molecule has 2 rings (SSSR count). The third-order valence-corrected chi connectivity index (χ3v) is 4.11. The zero-order chi connectivity index (χ0) is 17.5. The molecule has 126 valence electrons. The van der Waals surface area contributed by atoms with Crippen molar-refractivity contribution in [1.29, 1.82) is 0 Å². The van der Waals surface area contributed by atoms with Crippen LogP contribution in [0.25, 0.3) is 0 Å². The third-order valence-electron chi connectivity index (χ3n) is 3.24. The standard InChI is InChI=1S/C17H19N3O3S/c1-3-15(21)19-12-6-8-13(9-7-12)20-16(22)11(2)18-17(23)14-5-4-10-24-14/h4-11H,3H2,1-2H3,(H,18,23)(H,19,21)(H,20,22)/t11-/m0/s1. The maximum atomic E-state index is 12.1. The summed E-state index contributed by atoms with van der Waals surface area (Å²) >= 11 is 1.32. The van der Waals surface area contributed by atoms with Crippen LogP contribution in [0.1, 0.15) is 29.9 Å².